The van der Waals surface area contributed by atoms with Crippen molar-refractivity contribution in [2.24, 2.45) is 5.92 Å². The number of rotatable bonds is 4. The molecule has 1 aromatic carbocycles. The Bertz CT molecular complexity index is 1140. The number of amides is 1. The number of halogens is 4. The van der Waals surface area contributed by atoms with E-state index in [1.165, 1.54) is 22.3 Å². The van der Waals surface area contributed by atoms with Crippen LogP contribution in [0.15, 0.2) is 36.5 Å². The summed E-state index contributed by atoms with van der Waals surface area (Å²) in [6, 6.07) is 7.06. The fraction of sp³-hybridized carbons (Fsp3) is 0.429. The van der Waals surface area contributed by atoms with Gasteiger partial charge in [-0.25, -0.2) is 9.78 Å². The second kappa shape index (κ2) is 8.94. The van der Waals surface area contributed by atoms with Crippen molar-refractivity contribution >= 4 is 51.0 Å². The van der Waals surface area contributed by atoms with E-state index < -0.39 is 23.4 Å². The van der Waals surface area contributed by atoms with Crippen LogP contribution in [0.5, 0.6) is 0 Å². The summed E-state index contributed by atoms with van der Waals surface area (Å²) in [6.07, 6.45) is 0.0353. The maximum absolute atomic E-state index is 12.9. The highest BCUT2D eigenvalue weighted by Gasteiger charge is 2.48. The number of nitrogens with zero attached hydrogens (tertiary/aromatic N) is 4. The molecule has 1 spiro atoms. The number of nitrogens with one attached hydrogen (secondary N) is 1. The fourth-order valence-corrected chi connectivity index (χ4v) is 5.23. The quantitative estimate of drug-likeness (QED) is 0.509. The van der Waals surface area contributed by atoms with Crippen molar-refractivity contribution in [3.63, 3.8) is 0 Å². The van der Waals surface area contributed by atoms with E-state index in [-0.39, 0.29) is 12.4 Å². The monoisotopic (exact) mass is 499 g/mol. The van der Waals surface area contributed by atoms with Gasteiger partial charge in [-0.1, -0.05) is 11.3 Å². The van der Waals surface area contributed by atoms with Crippen LogP contribution < -0.4 is 10.2 Å². The summed E-state index contributed by atoms with van der Waals surface area (Å²) in [4.78, 5) is 18.3. The summed E-state index contributed by atoms with van der Waals surface area (Å²) in [6.45, 7) is 1.13. The highest BCUT2D eigenvalue weighted by molar-refractivity contribution is 7.22. The summed E-state index contributed by atoms with van der Waals surface area (Å²) in [5.74, 6) is 0.852. The van der Waals surface area contributed by atoms with Gasteiger partial charge in [0.25, 0.3) is 0 Å². The lowest BCUT2D eigenvalue weighted by Gasteiger charge is -2.35. The Balaban J connectivity index is 0.00000259. The number of anilines is 2. The maximum atomic E-state index is 12.9. The number of aromatic nitrogens is 3. The number of alkyl halides is 3. The van der Waals surface area contributed by atoms with Crippen molar-refractivity contribution in [3.8, 4) is 0 Å². The van der Waals surface area contributed by atoms with E-state index in [0.717, 1.165) is 37.8 Å². The van der Waals surface area contributed by atoms with Gasteiger partial charge in [-0.15, -0.1) is 17.5 Å². The molecule has 5 rings (SSSR count). The molecule has 2 fully saturated rings. The molecule has 1 saturated heterocycles. The number of thiazole rings is 1. The number of hydrogen-bond acceptors (Lipinski definition) is 7. The Labute approximate surface area is 197 Å². The third-order valence-electron chi connectivity index (χ3n) is 6.08. The number of fused-ring (bicyclic) bond motifs is 1. The minimum absolute atomic E-state index is 0. The van der Waals surface area contributed by atoms with Gasteiger partial charge in [0.15, 0.2) is 10.9 Å². The Morgan fingerprint density at radius 2 is 2.03 bits per heavy atom. The molecular weight excluding hydrogens is 479 g/mol. The van der Waals surface area contributed by atoms with Crippen molar-refractivity contribution in [1.82, 2.24) is 15.2 Å². The minimum atomic E-state index is -4.36. The zero-order valence-corrected chi connectivity index (χ0v) is 19.0. The highest BCUT2D eigenvalue weighted by atomic mass is 35.5. The smallest absolute Gasteiger partial charge is 0.416 e. The molecule has 3 heterocycles. The Morgan fingerprint density at radius 1 is 1.24 bits per heavy atom. The molecule has 1 aliphatic heterocycles. The Morgan fingerprint density at radius 3 is 2.73 bits per heavy atom. The van der Waals surface area contributed by atoms with Gasteiger partial charge in [0.1, 0.15) is 5.60 Å². The van der Waals surface area contributed by atoms with Crippen LogP contribution in [-0.2, 0) is 10.9 Å². The summed E-state index contributed by atoms with van der Waals surface area (Å²) >= 11 is 1.22. The molecule has 2 aromatic heterocycles. The second-order valence-electron chi connectivity index (χ2n) is 8.24. The molecule has 33 heavy (non-hydrogen) atoms. The summed E-state index contributed by atoms with van der Waals surface area (Å²) in [7, 11) is 0. The molecule has 1 saturated carbocycles. The highest BCUT2D eigenvalue weighted by Crippen LogP contribution is 2.41. The minimum Gasteiger partial charge on any atom is -0.441 e. The van der Waals surface area contributed by atoms with E-state index >= 15 is 0 Å². The lowest BCUT2D eigenvalue weighted by molar-refractivity contribution is -0.137. The number of benzene rings is 1. The van der Waals surface area contributed by atoms with Crippen LogP contribution in [0.1, 0.15) is 31.2 Å². The van der Waals surface area contributed by atoms with Crippen molar-refractivity contribution in [1.29, 1.82) is 0 Å². The van der Waals surface area contributed by atoms with Crippen LogP contribution in [-0.4, -0.2) is 40.0 Å². The maximum Gasteiger partial charge on any atom is 0.416 e. The number of carbonyl (C=O) groups is 1. The van der Waals surface area contributed by atoms with Crippen LogP contribution >= 0.6 is 23.7 Å². The first kappa shape index (κ1) is 23.5. The van der Waals surface area contributed by atoms with E-state index in [1.807, 2.05) is 0 Å². The van der Waals surface area contributed by atoms with Crippen LogP contribution in [0.4, 0.5) is 28.9 Å². The van der Waals surface area contributed by atoms with Gasteiger partial charge in [0.2, 0.25) is 0 Å². The molecule has 0 unspecified atom stereocenters. The molecule has 12 heteroatoms. The molecule has 3 aromatic rings. The van der Waals surface area contributed by atoms with E-state index in [4.69, 9.17) is 4.74 Å². The molecule has 7 nitrogen and oxygen atoms in total. The van der Waals surface area contributed by atoms with Gasteiger partial charge in [-0.2, -0.15) is 18.3 Å². The average molecular weight is 500 g/mol. The fourth-order valence-electron chi connectivity index (χ4n) is 4.31. The normalized spacial score (nSPS) is 22.9. The van der Waals surface area contributed by atoms with Gasteiger partial charge < -0.3 is 10.1 Å². The van der Waals surface area contributed by atoms with Crippen molar-refractivity contribution in [3.05, 3.63) is 42.1 Å². The molecule has 1 amide bonds. The molecule has 0 atom stereocenters. The van der Waals surface area contributed by atoms with Crippen LogP contribution in [0, 0.1) is 5.92 Å². The zero-order valence-electron chi connectivity index (χ0n) is 17.3. The van der Waals surface area contributed by atoms with Crippen molar-refractivity contribution < 1.29 is 22.7 Å². The molecule has 0 radical (unpaired) electrons. The van der Waals surface area contributed by atoms with E-state index in [1.54, 1.807) is 18.3 Å². The van der Waals surface area contributed by atoms with Gasteiger partial charge in [-0.05, 0) is 61.9 Å². The SMILES string of the molecule is Cl.O=C1O[C@]2(CC[C@H](CNc3nc4ccc(C(F)(F)F)cc4s3)CC2)CN1c1cccnn1. The van der Waals surface area contributed by atoms with Gasteiger partial charge in [0, 0.05) is 12.7 Å². The topological polar surface area (TPSA) is 80.2 Å². The average Bonchev–Trinajstić information content (AvgIpc) is 3.33. The van der Waals surface area contributed by atoms with E-state index in [0.29, 0.717) is 40.2 Å². The van der Waals surface area contributed by atoms with Crippen LogP contribution in [0.25, 0.3) is 10.2 Å². The summed E-state index contributed by atoms with van der Waals surface area (Å²) < 4.78 is 45.0. The van der Waals surface area contributed by atoms with E-state index in [2.05, 4.69) is 20.5 Å². The molecule has 1 N–H and O–H groups in total. The third-order valence-corrected chi connectivity index (χ3v) is 7.06. The molecule has 2 aliphatic rings. The molecule has 1 aliphatic carbocycles. The number of carbonyl (C=O) groups excluding carboxylic acids is 1. The number of ether oxygens (including phenoxy) is 1. The second-order valence-corrected chi connectivity index (χ2v) is 9.27. The molecule has 0 bridgehead atoms. The Hall–Kier alpha value is -2.66. The van der Waals surface area contributed by atoms with E-state index in [9.17, 15) is 18.0 Å². The third kappa shape index (κ3) is 4.84. The number of hydrogen-bond donors (Lipinski definition) is 1. The van der Waals surface area contributed by atoms with Crippen molar-refractivity contribution in [2.45, 2.75) is 37.5 Å². The predicted octanol–water partition coefficient (Wildman–Crippen LogP) is 5.52. The van der Waals surface area contributed by atoms with Gasteiger partial charge >= 0.3 is 12.3 Å². The summed E-state index contributed by atoms with van der Waals surface area (Å²) in [5.41, 5.74) is -0.621. The first-order chi connectivity index (χ1) is 15.3. The van der Waals surface area contributed by atoms with Crippen LogP contribution in [0.2, 0.25) is 0 Å². The van der Waals surface area contributed by atoms with Crippen LogP contribution in [0.3, 0.4) is 0 Å². The molecule has 176 valence electrons. The van der Waals surface area contributed by atoms with Gasteiger partial charge in [0.05, 0.1) is 22.3 Å². The predicted molar refractivity (Wildman–Crippen MR) is 121 cm³/mol. The first-order valence-corrected chi connectivity index (χ1v) is 11.1. The standard InChI is InChI=1S/C21H20F3N5O2S.ClH/c22-21(23,24)14-3-4-15-16(10-14)32-18(27-15)25-11-13-5-7-20(8-6-13)12-29(19(30)31-20)17-2-1-9-26-28-17;/h1-4,9-10,13H,5-8,11-12H2,(H,25,27);1H/t13-,20-;. The Kier molecular flexibility index (Phi) is 6.37. The zero-order chi connectivity index (χ0) is 22.3. The molecular formula is C21H21ClF3N5O2S. The lowest BCUT2D eigenvalue weighted by Crippen LogP contribution is -2.39. The van der Waals surface area contributed by atoms with Crippen molar-refractivity contribution in [2.75, 3.05) is 23.3 Å². The lowest BCUT2D eigenvalue weighted by atomic mass is 9.78. The first-order valence-electron chi connectivity index (χ1n) is 10.3. The summed E-state index contributed by atoms with van der Waals surface area (Å²) in [5, 5.41) is 11.7. The largest absolute Gasteiger partial charge is 0.441 e. The van der Waals surface area contributed by atoms with Gasteiger partial charge in [-0.3, -0.25) is 4.90 Å².